The molecule has 0 atom stereocenters. The summed E-state index contributed by atoms with van der Waals surface area (Å²) in [7, 11) is 0. The van der Waals surface area contributed by atoms with Crippen LogP contribution in [-0.4, -0.2) is 14.5 Å². The Morgan fingerprint density at radius 3 is 2.68 bits per heavy atom. The smallest absolute Gasteiger partial charge is 0.0958 e. The first kappa shape index (κ1) is 12.6. The van der Waals surface area contributed by atoms with Crippen LogP contribution in [0.4, 0.5) is 0 Å². The van der Waals surface area contributed by atoms with E-state index in [1.165, 1.54) is 29.5 Å². The number of benzene rings is 1. The lowest BCUT2D eigenvalue weighted by molar-refractivity contribution is 0.445. The summed E-state index contributed by atoms with van der Waals surface area (Å²) in [6.07, 6.45) is 5.24. The van der Waals surface area contributed by atoms with Gasteiger partial charge in [-0.15, -0.1) is 0 Å². The number of hydrogen-bond donors (Lipinski definition) is 1. The minimum atomic E-state index is 0.290. The van der Waals surface area contributed by atoms with E-state index < -0.39 is 0 Å². The maximum Gasteiger partial charge on any atom is 0.0958 e. The first-order valence-corrected chi connectivity index (χ1v) is 7.10. The van der Waals surface area contributed by atoms with Crippen molar-refractivity contribution < 1.29 is 0 Å². The van der Waals surface area contributed by atoms with E-state index in [1.54, 1.807) is 0 Å². The number of nitrogens with zero attached hydrogens (tertiary/aromatic N) is 2. The molecule has 0 aliphatic heterocycles. The summed E-state index contributed by atoms with van der Waals surface area (Å²) >= 11 is 5.07. The molecule has 1 aliphatic carbocycles. The summed E-state index contributed by atoms with van der Waals surface area (Å²) in [4.78, 5) is 5.14. The third kappa shape index (κ3) is 2.37. The number of aryl methyl sites for hydroxylation is 2. The maximum atomic E-state index is 5.71. The molecule has 100 valence electrons. The molecule has 0 spiro atoms. The third-order valence-electron chi connectivity index (χ3n) is 4.25. The van der Waals surface area contributed by atoms with Crippen LogP contribution < -0.4 is 5.73 Å². The quantitative estimate of drug-likeness (QED) is 0.871. The van der Waals surface area contributed by atoms with Crippen LogP contribution in [0.5, 0.6) is 0 Å². The van der Waals surface area contributed by atoms with Crippen molar-refractivity contribution in [3.05, 3.63) is 29.6 Å². The van der Waals surface area contributed by atoms with Crippen molar-refractivity contribution in [2.75, 3.05) is 0 Å². The fraction of sp³-hybridized carbons (Fsp3) is 0.467. The van der Waals surface area contributed by atoms with E-state index in [0.717, 1.165) is 18.5 Å². The van der Waals surface area contributed by atoms with Gasteiger partial charge in [0, 0.05) is 13.0 Å². The van der Waals surface area contributed by atoms with E-state index in [1.807, 2.05) is 6.33 Å². The van der Waals surface area contributed by atoms with Gasteiger partial charge in [0.1, 0.15) is 0 Å². The highest BCUT2D eigenvalue weighted by Gasteiger charge is 2.43. The van der Waals surface area contributed by atoms with Gasteiger partial charge in [0.2, 0.25) is 0 Å². The summed E-state index contributed by atoms with van der Waals surface area (Å²) in [5.41, 5.74) is 10.9. The molecule has 1 saturated carbocycles. The van der Waals surface area contributed by atoms with Gasteiger partial charge in [0.15, 0.2) is 0 Å². The Kier molecular flexibility index (Phi) is 2.86. The Labute approximate surface area is 118 Å². The van der Waals surface area contributed by atoms with Gasteiger partial charge < -0.3 is 10.3 Å². The zero-order valence-electron chi connectivity index (χ0n) is 11.4. The van der Waals surface area contributed by atoms with Crippen LogP contribution in [-0.2, 0) is 6.54 Å². The van der Waals surface area contributed by atoms with Crippen molar-refractivity contribution in [3.8, 4) is 0 Å². The first-order valence-electron chi connectivity index (χ1n) is 6.70. The Hall–Kier alpha value is -1.42. The fourth-order valence-corrected chi connectivity index (χ4v) is 3.04. The van der Waals surface area contributed by atoms with E-state index >= 15 is 0 Å². The van der Waals surface area contributed by atoms with Gasteiger partial charge >= 0.3 is 0 Å². The monoisotopic (exact) mass is 273 g/mol. The predicted octanol–water partition coefficient (Wildman–Crippen LogP) is 3.11. The molecule has 1 aliphatic rings. The lowest BCUT2D eigenvalue weighted by atomic mass is 10.0. The van der Waals surface area contributed by atoms with Crippen LogP contribution in [0, 0.1) is 19.3 Å². The lowest BCUT2D eigenvalue weighted by Gasteiger charge is -2.15. The average Bonchev–Trinajstić information content (AvgIpc) is 2.97. The standard InChI is InChI=1S/C15H19N3S/c1-10-5-12-13(6-11(10)2)18(9-17-12)8-15(3-4-15)7-14(16)19/h5-6,9H,3-4,7-8H2,1-2H3,(H2,16,19). The van der Waals surface area contributed by atoms with Crippen LogP contribution in [0.1, 0.15) is 30.4 Å². The number of nitrogens with two attached hydrogens (primary N) is 1. The molecule has 0 bridgehead atoms. The zero-order chi connectivity index (χ0) is 13.6. The highest BCUT2D eigenvalue weighted by Crippen LogP contribution is 2.50. The van der Waals surface area contributed by atoms with Crippen LogP contribution >= 0.6 is 12.2 Å². The third-order valence-corrected chi connectivity index (χ3v) is 4.39. The van der Waals surface area contributed by atoms with Gasteiger partial charge in [-0.3, -0.25) is 0 Å². The van der Waals surface area contributed by atoms with Gasteiger partial charge in [-0.25, -0.2) is 4.98 Å². The number of rotatable bonds is 4. The minimum absolute atomic E-state index is 0.290. The molecule has 0 unspecified atom stereocenters. The molecule has 4 heteroatoms. The second-order valence-electron chi connectivity index (χ2n) is 5.94. The summed E-state index contributed by atoms with van der Waals surface area (Å²) in [5.74, 6) is 0. The fourth-order valence-electron chi connectivity index (χ4n) is 2.74. The molecule has 1 aromatic heterocycles. The molecule has 1 heterocycles. The molecule has 1 aromatic carbocycles. The number of aromatic nitrogens is 2. The van der Waals surface area contributed by atoms with Crippen molar-refractivity contribution in [2.45, 2.75) is 39.7 Å². The van der Waals surface area contributed by atoms with Crippen LogP contribution in [0.25, 0.3) is 11.0 Å². The predicted molar refractivity (Wildman–Crippen MR) is 82.3 cm³/mol. The molecule has 0 radical (unpaired) electrons. The Bertz CT molecular complexity index is 653. The number of imidazole rings is 1. The van der Waals surface area contributed by atoms with Gasteiger partial charge in [-0.2, -0.15) is 0 Å². The van der Waals surface area contributed by atoms with Gasteiger partial charge in [0.05, 0.1) is 22.3 Å². The average molecular weight is 273 g/mol. The minimum Gasteiger partial charge on any atom is -0.393 e. The Morgan fingerprint density at radius 1 is 1.37 bits per heavy atom. The summed E-state index contributed by atoms with van der Waals surface area (Å²) < 4.78 is 2.26. The van der Waals surface area contributed by atoms with Gasteiger partial charge in [-0.05, 0) is 55.4 Å². The van der Waals surface area contributed by atoms with Crippen LogP contribution in [0.2, 0.25) is 0 Å². The maximum absolute atomic E-state index is 5.71. The van der Waals surface area contributed by atoms with Crippen molar-refractivity contribution >= 4 is 28.2 Å². The van der Waals surface area contributed by atoms with Gasteiger partial charge in [-0.1, -0.05) is 12.2 Å². The highest BCUT2D eigenvalue weighted by atomic mass is 32.1. The topological polar surface area (TPSA) is 43.8 Å². The molecule has 19 heavy (non-hydrogen) atoms. The van der Waals surface area contributed by atoms with Crippen LogP contribution in [0.3, 0.4) is 0 Å². The van der Waals surface area contributed by atoms with Crippen molar-refractivity contribution in [2.24, 2.45) is 11.1 Å². The largest absolute Gasteiger partial charge is 0.393 e. The first-order chi connectivity index (χ1) is 8.99. The number of thiocarbonyl (C=S) groups is 1. The molecular formula is C15H19N3S. The SMILES string of the molecule is Cc1cc2ncn(CC3(CC(N)=S)CC3)c2cc1C. The van der Waals surface area contributed by atoms with Gasteiger partial charge in [0.25, 0.3) is 0 Å². The number of hydrogen-bond acceptors (Lipinski definition) is 2. The summed E-state index contributed by atoms with van der Waals surface area (Å²) in [6.45, 7) is 5.25. The Balaban J connectivity index is 1.94. The van der Waals surface area contributed by atoms with Crippen molar-refractivity contribution in [1.29, 1.82) is 0 Å². The van der Waals surface area contributed by atoms with E-state index in [4.69, 9.17) is 18.0 Å². The highest BCUT2D eigenvalue weighted by molar-refractivity contribution is 7.80. The molecular weight excluding hydrogens is 254 g/mol. The second kappa shape index (κ2) is 4.30. The van der Waals surface area contributed by atoms with E-state index in [0.29, 0.717) is 4.99 Å². The molecule has 3 nitrogen and oxygen atoms in total. The molecule has 2 aromatic rings. The summed E-state index contributed by atoms with van der Waals surface area (Å²) in [5, 5.41) is 0. The van der Waals surface area contributed by atoms with E-state index in [2.05, 4.69) is 35.5 Å². The van der Waals surface area contributed by atoms with Crippen LogP contribution in [0.15, 0.2) is 18.5 Å². The molecule has 0 amide bonds. The number of fused-ring (bicyclic) bond motifs is 1. The molecule has 0 saturated heterocycles. The molecule has 3 rings (SSSR count). The molecule has 1 fully saturated rings. The zero-order valence-corrected chi connectivity index (χ0v) is 12.3. The summed E-state index contributed by atoms with van der Waals surface area (Å²) in [6, 6.07) is 4.39. The lowest BCUT2D eigenvalue weighted by Crippen LogP contribution is -2.19. The van der Waals surface area contributed by atoms with E-state index in [9.17, 15) is 0 Å². The normalized spacial score (nSPS) is 16.7. The van der Waals surface area contributed by atoms with Crippen molar-refractivity contribution in [1.82, 2.24) is 9.55 Å². The van der Waals surface area contributed by atoms with E-state index in [-0.39, 0.29) is 5.41 Å². The molecule has 2 N–H and O–H groups in total. The van der Waals surface area contributed by atoms with Crippen molar-refractivity contribution in [3.63, 3.8) is 0 Å². The second-order valence-corrected chi connectivity index (χ2v) is 6.47. The Morgan fingerprint density at radius 2 is 2.05 bits per heavy atom.